The van der Waals surface area contributed by atoms with Crippen molar-refractivity contribution in [2.24, 2.45) is 5.92 Å². The molecule has 1 atom stereocenters. The van der Waals surface area contributed by atoms with Crippen molar-refractivity contribution in [1.82, 2.24) is 10.2 Å². The Labute approximate surface area is 127 Å². The highest BCUT2D eigenvalue weighted by Gasteiger charge is 2.36. The van der Waals surface area contributed by atoms with Gasteiger partial charge in [-0.15, -0.1) is 0 Å². The molecule has 5 nitrogen and oxygen atoms in total. The number of carbonyl (C=O) groups excluding carboxylic acids is 2. The minimum atomic E-state index is -0.787. The van der Waals surface area contributed by atoms with Crippen LogP contribution < -0.4 is 5.32 Å². The molecule has 0 spiro atoms. The lowest BCUT2D eigenvalue weighted by Gasteiger charge is -2.35. The van der Waals surface area contributed by atoms with Crippen molar-refractivity contribution >= 4 is 11.8 Å². The Morgan fingerprint density at radius 2 is 1.95 bits per heavy atom. The van der Waals surface area contributed by atoms with Gasteiger partial charge in [-0.3, -0.25) is 9.59 Å². The molecule has 5 heteroatoms. The summed E-state index contributed by atoms with van der Waals surface area (Å²) in [5.41, 5.74) is -0.787. The van der Waals surface area contributed by atoms with Crippen molar-refractivity contribution in [3.05, 3.63) is 0 Å². The Bertz CT molecular complexity index is 389. The van der Waals surface area contributed by atoms with E-state index < -0.39 is 5.60 Å². The first-order chi connectivity index (χ1) is 9.89. The minimum absolute atomic E-state index is 0.0305. The van der Waals surface area contributed by atoms with Crippen molar-refractivity contribution in [3.63, 3.8) is 0 Å². The van der Waals surface area contributed by atoms with E-state index in [1.807, 2.05) is 18.7 Å². The molecular formula is C16H28N2O3. The van der Waals surface area contributed by atoms with Gasteiger partial charge in [0.25, 0.3) is 0 Å². The van der Waals surface area contributed by atoms with Crippen molar-refractivity contribution in [3.8, 4) is 0 Å². The molecule has 1 heterocycles. The van der Waals surface area contributed by atoms with Crippen LogP contribution in [0.5, 0.6) is 0 Å². The van der Waals surface area contributed by atoms with Crippen LogP contribution in [0.2, 0.25) is 0 Å². The molecular weight excluding hydrogens is 268 g/mol. The van der Waals surface area contributed by atoms with Crippen LogP contribution in [0, 0.1) is 5.92 Å². The molecule has 2 aliphatic rings. The Morgan fingerprint density at radius 3 is 2.57 bits per heavy atom. The van der Waals surface area contributed by atoms with Gasteiger partial charge in [0, 0.05) is 25.0 Å². The summed E-state index contributed by atoms with van der Waals surface area (Å²) >= 11 is 0. The summed E-state index contributed by atoms with van der Waals surface area (Å²) < 4.78 is 0. The van der Waals surface area contributed by atoms with E-state index in [1.165, 1.54) is 0 Å². The number of hydrogen-bond donors (Lipinski definition) is 2. The van der Waals surface area contributed by atoms with Gasteiger partial charge >= 0.3 is 0 Å². The first-order valence-electron chi connectivity index (χ1n) is 8.20. The van der Waals surface area contributed by atoms with E-state index in [2.05, 4.69) is 5.32 Å². The molecule has 1 unspecified atom stereocenters. The van der Waals surface area contributed by atoms with Gasteiger partial charge in [0.1, 0.15) is 0 Å². The zero-order valence-corrected chi connectivity index (χ0v) is 13.2. The van der Waals surface area contributed by atoms with Crippen molar-refractivity contribution < 1.29 is 14.7 Å². The summed E-state index contributed by atoms with van der Waals surface area (Å²) in [5, 5.41) is 13.4. The number of likely N-dealkylation sites (tertiary alicyclic amines) is 1. The largest absolute Gasteiger partial charge is 0.389 e. The van der Waals surface area contributed by atoms with E-state index in [4.69, 9.17) is 0 Å². The molecule has 2 amide bonds. The predicted octanol–water partition coefficient (Wildman–Crippen LogP) is 1.44. The molecule has 1 saturated heterocycles. The standard InChI is InChI=1S/C16H28N2O3/c1-12(2)15(20)17-13-6-5-9-18(11-13)14(19)10-16(21)7-3-4-8-16/h12-13,21H,3-11H2,1-2H3,(H,17,20). The summed E-state index contributed by atoms with van der Waals surface area (Å²) in [6.45, 7) is 5.06. The third-order valence-corrected chi connectivity index (χ3v) is 4.66. The highest BCUT2D eigenvalue weighted by atomic mass is 16.3. The number of hydrogen-bond acceptors (Lipinski definition) is 3. The monoisotopic (exact) mass is 296 g/mol. The number of piperidine rings is 1. The molecule has 0 bridgehead atoms. The maximum atomic E-state index is 12.4. The molecule has 2 rings (SSSR count). The van der Waals surface area contributed by atoms with Crippen LogP contribution in [0.15, 0.2) is 0 Å². The Hall–Kier alpha value is -1.10. The summed E-state index contributed by atoms with van der Waals surface area (Å²) in [6.07, 6.45) is 5.56. The lowest BCUT2D eigenvalue weighted by atomic mass is 9.96. The van der Waals surface area contributed by atoms with Crippen LogP contribution in [0.1, 0.15) is 58.8 Å². The zero-order valence-electron chi connectivity index (χ0n) is 13.2. The Morgan fingerprint density at radius 1 is 1.29 bits per heavy atom. The molecule has 1 aliphatic heterocycles. The number of nitrogens with one attached hydrogen (secondary N) is 1. The van der Waals surface area contributed by atoms with Gasteiger partial charge in [0.05, 0.1) is 12.0 Å². The molecule has 1 aliphatic carbocycles. The predicted molar refractivity (Wildman–Crippen MR) is 80.6 cm³/mol. The van der Waals surface area contributed by atoms with Crippen LogP contribution in [0.3, 0.4) is 0 Å². The highest BCUT2D eigenvalue weighted by molar-refractivity contribution is 5.79. The zero-order chi connectivity index (χ0) is 15.5. The molecule has 1 saturated carbocycles. The number of nitrogens with zero attached hydrogens (tertiary/aromatic N) is 1. The highest BCUT2D eigenvalue weighted by Crippen LogP contribution is 2.33. The normalized spacial score (nSPS) is 25.1. The summed E-state index contributed by atoms with van der Waals surface area (Å²) in [4.78, 5) is 26.0. The van der Waals surface area contributed by atoms with Gasteiger partial charge in [0.15, 0.2) is 0 Å². The van der Waals surface area contributed by atoms with Gasteiger partial charge in [-0.1, -0.05) is 26.7 Å². The molecule has 120 valence electrons. The van der Waals surface area contributed by atoms with E-state index in [1.54, 1.807) is 0 Å². The Kier molecular flexibility index (Phi) is 5.25. The quantitative estimate of drug-likeness (QED) is 0.825. The van der Waals surface area contributed by atoms with Gasteiger partial charge in [-0.2, -0.15) is 0 Å². The SMILES string of the molecule is CC(C)C(=O)NC1CCCN(C(=O)CC2(O)CCCC2)C1. The maximum Gasteiger partial charge on any atom is 0.225 e. The van der Waals surface area contributed by atoms with E-state index in [0.29, 0.717) is 6.54 Å². The first kappa shape index (κ1) is 16.3. The van der Waals surface area contributed by atoms with Crippen molar-refractivity contribution in [1.29, 1.82) is 0 Å². The fraction of sp³-hybridized carbons (Fsp3) is 0.875. The smallest absolute Gasteiger partial charge is 0.225 e. The second-order valence-corrected chi connectivity index (χ2v) is 6.95. The van der Waals surface area contributed by atoms with E-state index in [-0.39, 0.29) is 30.2 Å². The lowest BCUT2D eigenvalue weighted by molar-refractivity contribution is -0.138. The minimum Gasteiger partial charge on any atom is -0.389 e. The lowest BCUT2D eigenvalue weighted by Crippen LogP contribution is -2.51. The van der Waals surface area contributed by atoms with Gasteiger partial charge in [-0.25, -0.2) is 0 Å². The Balaban J connectivity index is 1.85. The maximum absolute atomic E-state index is 12.4. The fourth-order valence-electron chi connectivity index (χ4n) is 3.29. The van der Waals surface area contributed by atoms with Crippen molar-refractivity contribution in [2.45, 2.75) is 70.4 Å². The van der Waals surface area contributed by atoms with Crippen LogP contribution in [0.25, 0.3) is 0 Å². The number of carbonyl (C=O) groups is 2. The third-order valence-electron chi connectivity index (χ3n) is 4.66. The third kappa shape index (κ3) is 4.43. The molecule has 2 N–H and O–H groups in total. The van der Waals surface area contributed by atoms with E-state index in [9.17, 15) is 14.7 Å². The fourth-order valence-corrected chi connectivity index (χ4v) is 3.29. The van der Waals surface area contributed by atoms with Gasteiger partial charge < -0.3 is 15.3 Å². The number of aliphatic hydroxyl groups is 1. The van der Waals surface area contributed by atoms with Crippen LogP contribution in [-0.4, -0.2) is 46.6 Å². The van der Waals surface area contributed by atoms with Gasteiger partial charge in [0.2, 0.25) is 11.8 Å². The number of rotatable bonds is 4. The molecule has 2 fully saturated rings. The summed E-state index contributed by atoms with van der Waals surface area (Å²) in [6, 6.07) is 0.0517. The van der Waals surface area contributed by atoms with Crippen LogP contribution >= 0.6 is 0 Å². The molecule has 0 aromatic rings. The average molecular weight is 296 g/mol. The van der Waals surface area contributed by atoms with Crippen LogP contribution in [-0.2, 0) is 9.59 Å². The molecule has 0 aromatic heterocycles. The average Bonchev–Trinajstić information content (AvgIpc) is 2.85. The van der Waals surface area contributed by atoms with E-state index >= 15 is 0 Å². The second kappa shape index (κ2) is 6.77. The van der Waals surface area contributed by atoms with E-state index in [0.717, 1.165) is 45.1 Å². The molecule has 21 heavy (non-hydrogen) atoms. The number of amides is 2. The molecule has 0 aromatic carbocycles. The van der Waals surface area contributed by atoms with Crippen molar-refractivity contribution in [2.75, 3.05) is 13.1 Å². The first-order valence-corrected chi connectivity index (χ1v) is 8.20. The van der Waals surface area contributed by atoms with Crippen LogP contribution in [0.4, 0.5) is 0 Å². The summed E-state index contributed by atoms with van der Waals surface area (Å²) in [5.74, 6) is 0.0434. The van der Waals surface area contributed by atoms with Gasteiger partial charge in [-0.05, 0) is 25.7 Å². The second-order valence-electron chi connectivity index (χ2n) is 6.95. The molecule has 0 radical (unpaired) electrons. The summed E-state index contributed by atoms with van der Waals surface area (Å²) in [7, 11) is 0. The topological polar surface area (TPSA) is 69.6 Å².